The second-order valence-electron chi connectivity index (χ2n) is 6.01. The number of benzene rings is 1. The monoisotopic (exact) mass is 499 g/mol. The number of likely N-dealkylation sites (N-methyl/N-ethyl adjacent to an activating group) is 1. The van der Waals surface area contributed by atoms with Crippen LogP contribution in [0, 0.1) is 6.92 Å². The Hall–Kier alpha value is -1.95. The molecular weight excluding hydrogens is 486 g/mol. The first-order chi connectivity index (χ1) is 13.2. The lowest BCUT2D eigenvalue weighted by Gasteiger charge is -2.26. The Labute approximate surface area is 178 Å². The summed E-state index contributed by atoms with van der Waals surface area (Å²) in [5.74, 6) is 0.498. The number of carbonyl (C=O) groups is 1. The van der Waals surface area contributed by atoms with Crippen molar-refractivity contribution in [1.82, 2.24) is 4.98 Å². The molecule has 0 atom stereocenters. The SMILES string of the molecule is Cc1sc(NS(=O)(=O)c2ccc(Br)s2)nc1-c1ccc2c(c1)N(C)C(=O)CO2. The highest BCUT2D eigenvalue weighted by atomic mass is 79.9. The second-order valence-corrected chi connectivity index (χ2v) is 11.6. The molecule has 1 aliphatic heterocycles. The van der Waals surface area contributed by atoms with Crippen molar-refractivity contribution in [1.29, 1.82) is 0 Å². The number of anilines is 2. The molecule has 0 radical (unpaired) electrons. The average Bonchev–Trinajstić information content (AvgIpc) is 3.24. The Bertz CT molecular complexity index is 1190. The molecular formula is C17H14BrN3O4S3. The van der Waals surface area contributed by atoms with Crippen molar-refractivity contribution >= 4 is 65.4 Å². The van der Waals surface area contributed by atoms with Crippen molar-refractivity contribution in [3.05, 3.63) is 39.0 Å². The first-order valence-electron chi connectivity index (χ1n) is 8.04. The fraction of sp³-hybridized carbons (Fsp3) is 0.176. The molecule has 0 saturated carbocycles. The lowest BCUT2D eigenvalue weighted by atomic mass is 10.1. The van der Waals surface area contributed by atoms with Crippen LogP contribution >= 0.6 is 38.6 Å². The fourth-order valence-corrected chi connectivity index (χ4v) is 6.82. The number of rotatable bonds is 4. The first kappa shape index (κ1) is 19.4. The maximum absolute atomic E-state index is 12.5. The molecule has 3 heterocycles. The molecule has 4 rings (SSSR count). The van der Waals surface area contributed by atoms with E-state index in [9.17, 15) is 13.2 Å². The maximum Gasteiger partial charge on any atom is 0.273 e. The predicted molar refractivity (Wildman–Crippen MR) is 114 cm³/mol. The summed E-state index contributed by atoms with van der Waals surface area (Å²) in [6.45, 7) is 1.89. The Morgan fingerprint density at radius 3 is 2.75 bits per heavy atom. The van der Waals surface area contributed by atoms with Gasteiger partial charge in [-0.3, -0.25) is 9.52 Å². The topological polar surface area (TPSA) is 88.6 Å². The number of aromatic nitrogens is 1. The van der Waals surface area contributed by atoms with Gasteiger partial charge in [-0.05, 0) is 53.2 Å². The second kappa shape index (κ2) is 7.14. The highest BCUT2D eigenvalue weighted by molar-refractivity contribution is 9.11. The summed E-state index contributed by atoms with van der Waals surface area (Å²) in [6.07, 6.45) is 0. The third kappa shape index (κ3) is 3.54. The zero-order valence-corrected chi connectivity index (χ0v) is 18.8. The van der Waals surface area contributed by atoms with Gasteiger partial charge >= 0.3 is 0 Å². The van der Waals surface area contributed by atoms with Crippen LogP contribution in [0.1, 0.15) is 4.88 Å². The zero-order chi connectivity index (χ0) is 20.1. The van der Waals surface area contributed by atoms with Gasteiger partial charge in [-0.1, -0.05) is 0 Å². The quantitative estimate of drug-likeness (QED) is 0.583. The minimum absolute atomic E-state index is 0.0172. The Morgan fingerprint density at radius 2 is 2.04 bits per heavy atom. The Balaban J connectivity index is 1.66. The zero-order valence-electron chi connectivity index (χ0n) is 14.7. The number of hydrogen-bond donors (Lipinski definition) is 1. The molecule has 0 aliphatic carbocycles. The van der Waals surface area contributed by atoms with Crippen LogP contribution in [0.2, 0.25) is 0 Å². The molecule has 1 aliphatic rings. The van der Waals surface area contributed by atoms with E-state index >= 15 is 0 Å². The summed E-state index contributed by atoms with van der Waals surface area (Å²) < 4.78 is 34.0. The van der Waals surface area contributed by atoms with Crippen molar-refractivity contribution < 1.29 is 17.9 Å². The molecule has 28 heavy (non-hydrogen) atoms. The predicted octanol–water partition coefficient (Wildman–Crippen LogP) is 4.10. The van der Waals surface area contributed by atoms with Crippen molar-refractivity contribution in [3.8, 4) is 17.0 Å². The molecule has 1 aromatic carbocycles. The number of halogens is 1. The van der Waals surface area contributed by atoms with Gasteiger partial charge in [0.2, 0.25) is 0 Å². The van der Waals surface area contributed by atoms with Gasteiger partial charge in [0.1, 0.15) is 9.96 Å². The van der Waals surface area contributed by atoms with Crippen LogP contribution in [0.3, 0.4) is 0 Å². The summed E-state index contributed by atoms with van der Waals surface area (Å²) >= 11 is 5.66. The number of thiophene rings is 1. The number of sulfonamides is 1. The highest BCUT2D eigenvalue weighted by Gasteiger charge is 2.24. The van der Waals surface area contributed by atoms with Crippen LogP contribution < -0.4 is 14.4 Å². The van der Waals surface area contributed by atoms with Gasteiger partial charge in [0, 0.05) is 17.5 Å². The van der Waals surface area contributed by atoms with E-state index in [1.807, 2.05) is 19.1 Å². The summed E-state index contributed by atoms with van der Waals surface area (Å²) in [5.41, 5.74) is 2.10. The molecule has 2 aromatic heterocycles. The van der Waals surface area contributed by atoms with Crippen molar-refractivity contribution in [2.24, 2.45) is 0 Å². The minimum Gasteiger partial charge on any atom is -0.482 e. The molecule has 7 nitrogen and oxygen atoms in total. The number of hydrogen-bond acceptors (Lipinski definition) is 7. The number of thiazole rings is 1. The summed E-state index contributed by atoms with van der Waals surface area (Å²) in [6, 6.07) is 8.68. The molecule has 0 bridgehead atoms. The van der Waals surface area contributed by atoms with E-state index in [1.165, 1.54) is 17.4 Å². The number of nitrogens with one attached hydrogen (secondary N) is 1. The minimum atomic E-state index is -3.69. The number of ether oxygens (including phenoxy) is 1. The molecule has 3 aromatic rings. The van der Waals surface area contributed by atoms with Gasteiger partial charge in [0.05, 0.1) is 15.2 Å². The number of nitrogens with zero attached hydrogens (tertiary/aromatic N) is 2. The van der Waals surface area contributed by atoms with Crippen LogP contribution in [0.5, 0.6) is 5.75 Å². The number of amides is 1. The van der Waals surface area contributed by atoms with Gasteiger partial charge in [0.15, 0.2) is 11.7 Å². The van der Waals surface area contributed by atoms with Crippen LogP contribution in [-0.4, -0.2) is 33.0 Å². The summed E-state index contributed by atoms with van der Waals surface area (Å²) in [4.78, 5) is 18.7. The Kier molecular flexibility index (Phi) is 4.94. The van der Waals surface area contributed by atoms with Crippen LogP contribution in [-0.2, 0) is 14.8 Å². The lowest BCUT2D eigenvalue weighted by Crippen LogP contribution is -2.35. The number of fused-ring (bicyclic) bond motifs is 1. The average molecular weight is 500 g/mol. The molecule has 0 unspecified atom stereocenters. The highest BCUT2D eigenvalue weighted by Crippen LogP contribution is 2.38. The Morgan fingerprint density at radius 1 is 1.25 bits per heavy atom. The fourth-order valence-electron chi connectivity index (χ4n) is 2.73. The van der Waals surface area contributed by atoms with Crippen molar-refractivity contribution in [2.75, 3.05) is 23.3 Å². The largest absolute Gasteiger partial charge is 0.482 e. The molecule has 11 heteroatoms. The normalized spacial score (nSPS) is 14.0. The molecule has 1 N–H and O–H groups in total. The van der Waals surface area contributed by atoms with E-state index in [0.717, 1.165) is 25.6 Å². The van der Waals surface area contributed by atoms with E-state index in [0.29, 0.717) is 17.1 Å². The molecule has 146 valence electrons. The summed E-state index contributed by atoms with van der Waals surface area (Å²) in [7, 11) is -2.00. The van der Waals surface area contributed by atoms with Gasteiger partial charge in [-0.15, -0.1) is 22.7 Å². The van der Waals surface area contributed by atoms with E-state index in [-0.39, 0.29) is 21.9 Å². The molecule has 0 spiro atoms. The standard InChI is InChI=1S/C17H14BrN3O4S3/c1-9-16(10-3-4-12-11(7-10)21(2)14(22)8-25-12)19-17(26-9)20-28(23,24)15-6-5-13(18)27-15/h3-7H,8H2,1-2H3,(H,19,20). The third-order valence-electron chi connectivity index (χ3n) is 4.15. The molecule has 0 saturated heterocycles. The van der Waals surface area contributed by atoms with Crippen LogP contribution in [0.15, 0.2) is 38.3 Å². The number of aryl methyl sites for hydroxylation is 1. The van der Waals surface area contributed by atoms with Crippen molar-refractivity contribution in [2.45, 2.75) is 11.1 Å². The lowest BCUT2D eigenvalue weighted by molar-refractivity contribution is -0.120. The first-order valence-corrected chi connectivity index (χ1v) is 11.9. The summed E-state index contributed by atoms with van der Waals surface area (Å²) in [5, 5.41) is 0.287. The molecule has 1 amide bonds. The van der Waals surface area contributed by atoms with Crippen LogP contribution in [0.25, 0.3) is 11.3 Å². The number of carbonyl (C=O) groups excluding carboxylic acids is 1. The van der Waals surface area contributed by atoms with Crippen molar-refractivity contribution in [3.63, 3.8) is 0 Å². The third-order valence-corrected chi connectivity index (χ3v) is 8.62. The van der Waals surface area contributed by atoms with E-state index in [2.05, 4.69) is 25.6 Å². The van der Waals surface area contributed by atoms with Gasteiger partial charge in [0.25, 0.3) is 15.9 Å². The van der Waals surface area contributed by atoms with Crippen LogP contribution in [0.4, 0.5) is 10.8 Å². The van der Waals surface area contributed by atoms with E-state index in [4.69, 9.17) is 4.74 Å². The maximum atomic E-state index is 12.5. The van der Waals surface area contributed by atoms with Gasteiger partial charge in [-0.2, -0.15) is 0 Å². The van der Waals surface area contributed by atoms with Gasteiger partial charge < -0.3 is 9.64 Å². The smallest absolute Gasteiger partial charge is 0.273 e. The molecule has 0 fully saturated rings. The van der Waals surface area contributed by atoms with Gasteiger partial charge in [-0.25, -0.2) is 13.4 Å². The van der Waals surface area contributed by atoms with E-state index < -0.39 is 10.0 Å². The van der Waals surface area contributed by atoms with E-state index in [1.54, 1.807) is 24.1 Å².